The van der Waals surface area contributed by atoms with Gasteiger partial charge in [-0.25, -0.2) is 17.6 Å². The molecule has 1 fully saturated rings. The highest BCUT2D eigenvalue weighted by Crippen LogP contribution is 2.19. The van der Waals surface area contributed by atoms with Crippen LogP contribution in [0, 0.1) is 0 Å². The molecule has 4 rings (SSSR count). The Morgan fingerprint density at radius 3 is 2.67 bits per heavy atom. The Balaban J connectivity index is 1.67. The molecule has 140 valence electrons. The summed E-state index contributed by atoms with van der Waals surface area (Å²) < 4.78 is 36.6. The van der Waals surface area contributed by atoms with Gasteiger partial charge in [0.1, 0.15) is 6.54 Å². The lowest BCUT2D eigenvalue weighted by molar-refractivity contribution is -0.662. The van der Waals surface area contributed by atoms with Gasteiger partial charge in [-0.2, -0.15) is 4.31 Å². The van der Waals surface area contributed by atoms with Crippen molar-refractivity contribution in [3.8, 4) is 0 Å². The maximum absolute atomic E-state index is 12.9. The van der Waals surface area contributed by atoms with Gasteiger partial charge in [0.05, 0.1) is 24.3 Å². The van der Waals surface area contributed by atoms with Gasteiger partial charge in [-0.3, -0.25) is 0 Å². The summed E-state index contributed by atoms with van der Waals surface area (Å²) in [4.78, 5) is 0.329. The number of para-hydroxylation sites is 2. The maximum atomic E-state index is 12.9. The van der Waals surface area contributed by atoms with E-state index >= 15 is 0 Å². The van der Waals surface area contributed by atoms with Crippen LogP contribution >= 0.6 is 0 Å². The molecule has 1 aromatic heterocycles. The van der Waals surface area contributed by atoms with Gasteiger partial charge < -0.3 is 4.74 Å². The van der Waals surface area contributed by atoms with Crippen LogP contribution in [0.3, 0.4) is 0 Å². The Kier molecular flexibility index (Phi) is 4.82. The molecule has 1 saturated heterocycles. The first-order valence-electron chi connectivity index (χ1n) is 8.88. The van der Waals surface area contributed by atoms with E-state index < -0.39 is 10.0 Å². The summed E-state index contributed by atoms with van der Waals surface area (Å²) in [5.74, 6) is 0. The number of imidazole rings is 1. The normalized spacial score (nSPS) is 15.9. The number of hydrogen-bond donors (Lipinski definition) is 0. The number of benzene rings is 2. The van der Waals surface area contributed by atoms with Gasteiger partial charge in [0.25, 0.3) is 0 Å². The second kappa shape index (κ2) is 7.26. The van der Waals surface area contributed by atoms with Crippen molar-refractivity contribution in [1.29, 1.82) is 0 Å². The average molecular weight is 384 g/mol. The average Bonchev–Trinajstić information content (AvgIpc) is 3.07. The summed E-state index contributed by atoms with van der Waals surface area (Å²) in [5.41, 5.74) is 3.06. The second-order valence-corrected chi connectivity index (χ2v) is 8.42. The molecular formula is C20H22N3O3S+. The molecule has 2 aromatic carbocycles. The van der Waals surface area contributed by atoms with Crippen molar-refractivity contribution in [1.82, 2.24) is 8.87 Å². The van der Waals surface area contributed by atoms with Crippen LogP contribution in [0.4, 0.5) is 0 Å². The first-order chi connectivity index (χ1) is 13.1. The van der Waals surface area contributed by atoms with Crippen LogP contribution in [0.15, 0.2) is 66.3 Å². The largest absolute Gasteiger partial charge is 0.379 e. The lowest BCUT2D eigenvalue weighted by Crippen LogP contribution is -2.40. The van der Waals surface area contributed by atoms with E-state index in [4.69, 9.17) is 4.74 Å². The third kappa shape index (κ3) is 3.41. The highest BCUT2D eigenvalue weighted by molar-refractivity contribution is 7.89. The Bertz CT molecular complexity index is 1080. The number of hydrogen-bond acceptors (Lipinski definition) is 3. The van der Waals surface area contributed by atoms with Crippen LogP contribution < -0.4 is 4.57 Å². The van der Waals surface area contributed by atoms with E-state index in [2.05, 4.69) is 11.1 Å². The summed E-state index contributed by atoms with van der Waals surface area (Å²) in [6.07, 6.45) is 3.74. The van der Waals surface area contributed by atoms with Crippen LogP contribution in [-0.2, 0) is 21.3 Å². The molecule has 7 heteroatoms. The van der Waals surface area contributed by atoms with Crippen LogP contribution in [0.5, 0.6) is 0 Å². The number of ether oxygens (including phenoxy) is 1. The quantitative estimate of drug-likeness (QED) is 0.633. The van der Waals surface area contributed by atoms with Gasteiger partial charge in [0.15, 0.2) is 11.0 Å². The van der Waals surface area contributed by atoms with Crippen molar-refractivity contribution in [2.24, 2.45) is 0 Å². The zero-order chi connectivity index (χ0) is 18.9. The van der Waals surface area contributed by atoms with Crippen LogP contribution in [0.25, 0.3) is 17.2 Å². The number of morpholine rings is 1. The molecule has 0 bridgehead atoms. The van der Waals surface area contributed by atoms with E-state index in [1.165, 1.54) is 4.31 Å². The topological polar surface area (TPSA) is 55.4 Å². The summed E-state index contributed by atoms with van der Waals surface area (Å²) in [6.45, 7) is 6.11. The molecule has 0 radical (unpaired) electrons. The van der Waals surface area contributed by atoms with Crippen molar-refractivity contribution >= 4 is 27.3 Å². The number of nitrogens with zero attached hydrogens (tertiary/aromatic N) is 3. The molecule has 0 aliphatic carbocycles. The highest BCUT2D eigenvalue weighted by atomic mass is 32.2. The van der Waals surface area contributed by atoms with Gasteiger partial charge in [-0.05, 0) is 29.8 Å². The fourth-order valence-electron chi connectivity index (χ4n) is 3.41. The van der Waals surface area contributed by atoms with E-state index in [-0.39, 0.29) is 0 Å². The van der Waals surface area contributed by atoms with E-state index in [1.54, 1.807) is 24.4 Å². The summed E-state index contributed by atoms with van der Waals surface area (Å²) in [5, 5.41) is 0. The highest BCUT2D eigenvalue weighted by Gasteiger charge is 2.26. The molecule has 1 aliphatic rings. The Morgan fingerprint density at radius 1 is 1.11 bits per heavy atom. The Morgan fingerprint density at radius 2 is 1.89 bits per heavy atom. The standard InChI is InChI=1S/C20H22N3O3S/c1-2-21-16-22(20-9-4-3-8-19(20)21)15-17-6-5-7-18(14-17)27(24,25)23-10-12-26-13-11-23/h2-9,14,16H,1,10-13,15H2/q+1. The van der Waals surface area contributed by atoms with Crippen molar-refractivity contribution in [3.05, 3.63) is 67.0 Å². The van der Waals surface area contributed by atoms with Gasteiger partial charge >= 0.3 is 0 Å². The lowest BCUT2D eigenvalue weighted by atomic mass is 10.2. The second-order valence-electron chi connectivity index (χ2n) is 6.49. The monoisotopic (exact) mass is 384 g/mol. The minimum Gasteiger partial charge on any atom is -0.379 e. The third-order valence-electron chi connectivity index (χ3n) is 4.79. The van der Waals surface area contributed by atoms with E-state index in [0.717, 1.165) is 16.6 Å². The fourth-order valence-corrected chi connectivity index (χ4v) is 4.89. The number of rotatable bonds is 5. The van der Waals surface area contributed by atoms with E-state index in [1.807, 2.05) is 41.2 Å². The zero-order valence-electron chi connectivity index (χ0n) is 15.0. The smallest absolute Gasteiger partial charge is 0.249 e. The Hall–Kier alpha value is -2.48. The molecule has 0 N–H and O–H groups in total. The number of fused-ring (bicyclic) bond motifs is 1. The minimum atomic E-state index is -3.50. The lowest BCUT2D eigenvalue weighted by Gasteiger charge is -2.26. The molecule has 0 saturated carbocycles. The molecule has 0 atom stereocenters. The molecule has 3 aromatic rings. The maximum Gasteiger partial charge on any atom is 0.249 e. The van der Waals surface area contributed by atoms with Gasteiger partial charge in [0, 0.05) is 13.1 Å². The number of aromatic nitrogens is 2. The van der Waals surface area contributed by atoms with Gasteiger partial charge in [0.2, 0.25) is 16.4 Å². The predicted octanol–water partition coefficient (Wildman–Crippen LogP) is 2.10. The third-order valence-corrected chi connectivity index (χ3v) is 6.68. The van der Waals surface area contributed by atoms with Gasteiger partial charge in [-0.15, -0.1) is 0 Å². The molecular weight excluding hydrogens is 362 g/mol. The molecule has 2 heterocycles. The van der Waals surface area contributed by atoms with Crippen LogP contribution in [0.1, 0.15) is 5.56 Å². The van der Waals surface area contributed by atoms with Crippen molar-refractivity contribution in [2.45, 2.75) is 11.4 Å². The van der Waals surface area contributed by atoms with E-state index in [0.29, 0.717) is 37.7 Å². The summed E-state index contributed by atoms with van der Waals surface area (Å²) in [7, 11) is -3.50. The summed E-state index contributed by atoms with van der Waals surface area (Å²) in [6, 6.07) is 15.2. The Labute approximate surface area is 159 Å². The molecule has 0 spiro atoms. The predicted molar refractivity (Wildman–Crippen MR) is 104 cm³/mol. The van der Waals surface area contributed by atoms with Gasteiger partial charge in [-0.1, -0.05) is 30.8 Å². The van der Waals surface area contributed by atoms with Crippen molar-refractivity contribution in [3.63, 3.8) is 0 Å². The minimum absolute atomic E-state index is 0.329. The molecule has 1 aliphatic heterocycles. The van der Waals surface area contributed by atoms with Crippen molar-refractivity contribution in [2.75, 3.05) is 26.3 Å². The molecule has 27 heavy (non-hydrogen) atoms. The van der Waals surface area contributed by atoms with E-state index in [9.17, 15) is 8.42 Å². The SMILES string of the molecule is C=Cn1c[n+](Cc2cccc(S(=O)(=O)N3CCOCC3)c2)c2ccccc21. The summed E-state index contributed by atoms with van der Waals surface area (Å²) >= 11 is 0. The van der Waals surface area contributed by atoms with Crippen LogP contribution in [-0.4, -0.2) is 43.6 Å². The van der Waals surface area contributed by atoms with Crippen LogP contribution in [0.2, 0.25) is 0 Å². The first-order valence-corrected chi connectivity index (χ1v) is 10.3. The first kappa shape index (κ1) is 17.9. The fraction of sp³-hybridized carbons (Fsp3) is 0.250. The zero-order valence-corrected chi connectivity index (χ0v) is 15.8. The molecule has 0 unspecified atom stereocenters. The number of sulfonamides is 1. The van der Waals surface area contributed by atoms with Crippen molar-refractivity contribution < 1.29 is 17.7 Å². The molecule has 0 amide bonds. The molecule has 6 nitrogen and oxygen atoms in total.